The molecule has 1 aromatic carbocycles. The standard InChI is InChI=1S/C16H17N3O5S/c1-3-5-14(20)24-10(2)15(21)18-16-17-13(9-25-16)11-6-4-7-12(8-11)19(22)23/h4,6-10H,3,5H2,1-2H3,(H,17,18,21). The minimum absolute atomic E-state index is 0.0347. The number of thiazole rings is 1. The number of benzene rings is 1. The van der Waals surface area contributed by atoms with Crippen molar-refractivity contribution >= 4 is 34.0 Å². The summed E-state index contributed by atoms with van der Waals surface area (Å²) in [5, 5.41) is 15.4. The average Bonchev–Trinajstić information content (AvgIpc) is 3.03. The van der Waals surface area contributed by atoms with Crippen LogP contribution >= 0.6 is 11.3 Å². The predicted octanol–water partition coefficient (Wildman–Crippen LogP) is 3.39. The molecule has 0 fully saturated rings. The van der Waals surface area contributed by atoms with Crippen LogP contribution < -0.4 is 5.32 Å². The molecule has 1 amide bonds. The molecule has 0 aliphatic rings. The largest absolute Gasteiger partial charge is 0.453 e. The molecule has 1 unspecified atom stereocenters. The maximum Gasteiger partial charge on any atom is 0.306 e. The zero-order valence-corrected chi connectivity index (χ0v) is 14.5. The van der Waals surface area contributed by atoms with E-state index in [4.69, 9.17) is 4.74 Å². The summed E-state index contributed by atoms with van der Waals surface area (Å²) < 4.78 is 5.01. The van der Waals surface area contributed by atoms with Crippen molar-refractivity contribution in [2.75, 3.05) is 5.32 Å². The lowest BCUT2D eigenvalue weighted by atomic mass is 10.1. The molecule has 0 radical (unpaired) electrons. The molecule has 0 saturated carbocycles. The van der Waals surface area contributed by atoms with Gasteiger partial charge in [0.05, 0.1) is 10.6 Å². The van der Waals surface area contributed by atoms with Gasteiger partial charge in [0.15, 0.2) is 11.2 Å². The van der Waals surface area contributed by atoms with E-state index in [1.54, 1.807) is 17.5 Å². The number of non-ortho nitro benzene ring substituents is 1. The van der Waals surface area contributed by atoms with Gasteiger partial charge in [0, 0.05) is 29.5 Å². The third kappa shape index (κ3) is 5.08. The van der Waals surface area contributed by atoms with Crippen molar-refractivity contribution < 1.29 is 19.2 Å². The quantitative estimate of drug-likeness (QED) is 0.458. The van der Waals surface area contributed by atoms with Gasteiger partial charge in [-0.2, -0.15) is 0 Å². The SMILES string of the molecule is CCCC(=O)OC(C)C(=O)Nc1nc(-c2cccc([N+](=O)[O-])c2)cs1. The van der Waals surface area contributed by atoms with Crippen LogP contribution in [-0.4, -0.2) is 27.9 Å². The Bertz CT molecular complexity index is 790. The highest BCUT2D eigenvalue weighted by molar-refractivity contribution is 7.14. The van der Waals surface area contributed by atoms with Gasteiger partial charge >= 0.3 is 5.97 Å². The van der Waals surface area contributed by atoms with Crippen LogP contribution in [0.1, 0.15) is 26.7 Å². The number of ether oxygens (including phenoxy) is 1. The van der Waals surface area contributed by atoms with Gasteiger partial charge in [-0.25, -0.2) is 4.98 Å². The zero-order chi connectivity index (χ0) is 18.4. The number of esters is 1. The van der Waals surface area contributed by atoms with Gasteiger partial charge in [-0.3, -0.25) is 25.0 Å². The maximum atomic E-state index is 12.0. The van der Waals surface area contributed by atoms with Gasteiger partial charge < -0.3 is 4.74 Å². The highest BCUT2D eigenvalue weighted by Gasteiger charge is 2.19. The number of carbonyl (C=O) groups excluding carboxylic acids is 2. The van der Waals surface area contributed by atoms with E-state index in [-0.39, 0.29) is 12.1 Å². The Morgan fingerprint density at radius 3 is 2.88 bits per heavy atom. The Morgan fingerprint density at radius 2 is 2.20 bits per heavy atom. The number of anilines is 1. The minimum atomic E-state index is -0.927. The van der Waals surface area contributed by atoms with Crippen LogP contribution in [0.25, 0.3) is 11.3 Å². The van der Waals surface area contributed by atoms with E-state index < -0.39 is 22.9 Å². The second-order valence-electron chi connectivity index (χ2n) is 5.22. The topological polar surface area (TPSA) is 111 Å². The van der Waals surface area contributed by atoms with Crippen molar-refractivity contribution in [1.29, 1.82) is 0 Å². The highest BCUT2D eigenvalue weighted by atomic mass is 32.1. The van der Waals surface area contributed by atoms with E-state index in [2.05, 4.69) is 10.3 Å². The van der Waals surface area contributed by atoms with Crippen LogP contribution in [0.2, 0.25) is 0 Å². The Morgan fingerprint density at radius 1 is 1.44 bits per heavy atom. The number of aromatic nitrogens is 1. The normalized spacial score (nSPS) is 11.6. The summed E-state index contributed by atoms with van der Waals surface area (Å²) >= 11 is 1.18. The summed E-state index contributed by atoms with van der Waals surface area (Å²) in [4.78, 5) is 38.0. The summed E-state index contributed by atoms with van der Waals surface area (Å²) in [6.45, 7) is 3.33. The van der Waals surface area contributed by atoms with Gasteiger partial charge in [-0.1, -0.05) is 19.1 Å². The smallest absolute Gasteiger partial charge is 0.306 e. The van der Waals surface area contributed by atoms with Crippen LogP contribution in [0, 0.1) is 10.1 Å². The van der Waals surface area contributed by atoms with Gasteiger partial charge in [0.25, 0.3) is 11.6 Å². The summed E-state index contributed by atoms with van der Waals surface area (Å²) in [6, 6.07) is 6.07. The molecular weight excluding hydrogens is 346 g/mol. The number of carbonyl (C=O) groups is 2. The molecule has 0 aliphatic carbocycles. The van der Waals surface area contributed by atoms with Crippen molar-refractivity contribution in [3.05, 3.63) is 39.8 Å². The number of nitro benzene ring substituents is 1. The first-order valence-corrected chi connectivity index (χ1v) is 8.49. The molecule has 1 aromatic heterocycles. The van der Waals surface area contributed by atoms with E-state index >= 15 is 0 Å². The van der Waals surface area contributed by atoms with Crippen LogP contribution in [0.4, 0.5) is 10.8 Å². The van der Waals surface area contributed by atoms with Crippen molar-refractivity contribution in [3.8, 4) is 11.3 Å². The Kier molecular flexibility index (Phi) is 6.18. The van der Waals surface area contributed by atoms with E-state index in [1.807, 2.05) is 6.92 Å². The molecule has 0 saturated heterocycles. The van der Waals surface area contributed by atoms with Crippen molar-refractivity contribution in [2.45, 2.75) is 32.8 Å². The fraction of sp³-hybridized carbons (Fsp3) is 0.312. The number of nitrogens with one attached hydrogen (secondary N) is 1. The van der Waals surface area contributed by atoms with Crippen LogP contribution in [-0.2, 0) is 14.3 Å². The average molecular weight is 363 g/mol. The molecule has 8 nitrogen and oxygen atoms in total. The van der Waals surface area contributed by atoms with Gasteiger partial charge in [-0.05, 0) is 13.3 Å². The summed E-state index contributed by atoms with van der Waals surface area (Å²) in [7, 11) is 0. The summed E-state index contributed by atoms with van der Waals surface area (Å²) in [6.07, 6.45) is -0.0258. The van der Waals surface area contributed by atoms with Crippen LogP contribution in [0.5, 0.6) is 0 Å². The van der Waals surface area contributed by atoms with Crippen LogP contribution in [0.3, 0.4) is 0 Å². The van der Waals surface area contributed by atoms with E-state index in [1.165, 1.54) is 30.4 Å². The zero-order valence-electron chi connectivity index (χ0n) is 13.7. The molecule has 2 rings (SSSR count). The third-order valence-corrected chi connectivity index (χ3v) is 3.98. The fourth-order valence-electron chi connectivity index (χ4n) is 1.96. The van der Waals surface area contributed by atoms with Gasteiger partial charge in [-0.15, -0.1) is 11.3 Å². The minimum Gasteiger partial charge on any atom is -0.453 e. The Labute approximate surface area is 148 Å². The molecule has 1 N–H and O–H groups in total. The fourth-order valence-corrected chi connectivity index (χ4v) is 2.69. The van der Waals surface area contributed by atoms with E-state index in [9.17, 15) is 19.7 Å². The first kappa shape index (κ1) is 18.5. The van der Waals surface area contributed by atoms with Gasteiger partial charge in [0.2, 0.25) is 0 Å². The second-order valence-corrected chi connectivity index (χ2v) is 6.07. The number of hydrogen-bond acceptors (Lipinski definition) is 7. The molecule has 132 valence electrons. The van der Waals surface area contributed by atoms with Crippen LogP contribution in [0.15, 0.2) is 29.6 Å². The predicted molar refractivity (Wildman–Crippen MR) is 93.3 cm³/mol. The number of hydrogen-bond donors (Lipinski definition) is 1. The molecule has 0 spiro atoms. The molecule has 0 bridgehead atoms. The van der Waals surface area contributed by atoms with E-state index in [0.717, 1.165) is 0 Å². The van der Waals surface area contributed by atoms with E-state index in [0.29, 0.717) is 22.8 Å². The molecule has 9 heteroatoms. The Balaban J connectivity index is 2.04. The van der Waals surface area contributed by atoms with Crippen molar-refractivity contribution in [3.63, 3.8) is 0 Å². The van der Waals surface area contributed by atoms with Crippen molar-refractivity contribution in [2.24, 2.45) is 0 Å². The summed E-state index contributed by atoms with van der Waals surface area (Å²) in [5.41, 5.74) is 1.06. The third-order valence-electron chi connectivity index (χ3n) is 3.22. The second kappa shape index (κ2) is 8.34. The number of nitro groups is 1. The van der Waals surface area contributed by atoms with Gasteiger partial charge in [0.1, 0.15) is 0 Å². The molecule has 25 heavy (non-hydrogen) atoms. The molecule has 2 aromatic rings. The highest BCUT2D eigenvalue weighted by Crippen LogP contribution is 2.27. The molecule has 1 heterocycles. The lowest BCUT2D eigenvalue weighted by Gasteiger charge is -2.11. The van der Waals surface area contributed by atoms with Crippen molar-refractivity contribution in [1.82, 2.24) is 4.98 Å². The first-order chi connectivity index (χ1) is 11.9. The maximum absolute atomic E-state index is 12.0. The summed E-state index contributed by atoms with van der Waals surface area (Å²) in [5.74, 6) is -0.911. The Hall–Kier alpha value is -2.81. The number of rotatable bonds is 7. The lowest BCUT2D eigenvalue weighted by Crippen LogP contribution is -2.29. The number of nitrogens with zero attached hydrogens (tertiary/aromatic N) is 2. The molecular formula is C16H17N3O5S. The lowest BCUT2D eigenvalue weighted by molar-refractivity contribution is -0.384. The monoisotopic (exact) mass is 363 g/mol. The number of amides is 1. The molecule has 1 atom stereocenters. The molecule has 0 aliphatic heterocycles. The first-order valence-electron chi connectivity index (χ1n) is 7.61.